The summed E-state index contributed by atoms with van der Waals surface area (Å²) in [5.74, 6) is -0.632. The molecule has 0 heterocycles. The zero-order valence-electron chi connectivity index (χ0n) is 16.6. The topological polar surface area (TPSA) is 90.9 Å². The van der Waals surface area contributed by atoms with E-state index in [0.29, 0.717) is 34.4 Å². The summed E-state index contributed by atoms with van der Waals surface area (Å²) in [5.41, 5.74) is 0.594. The van der Waals surface area contributed by atoms with E-state index in [1.54, 1.807) is 43.5 Å². The van der Waals surface area contributed by atoms with E-state index in [9.17, 15) is 14.4 Å². The summed E-state index contributed by atoms with van der Waals surface area (Å²) in [6.07, 6.45) is 0. The quantitative estimate of drug-likeness (QED) is 0.243. The molecule has 0 spiro atoms. The fourth-order valence-electron chi connectivity index (χ4n) is 2.38. The molecule has 0 aliphatic heterocycles. The Labute approximate surface area is 184 Å². The summed E-state index contributed by atoms with van der Waals surface area (Å²) in [6, 6.07) is 11.3. The van der Waals surface area contributed by atoms with Gasteiger partial charge in [-0.2, -0.15) is 0 Å². The molecule has 0 fully saturated rings. The standard InChI is InChI=1S/C21H22ClNO6S/c1-27-10-9-23-20(25)13-30-19-6-4-3-5-15(19)21(26)29-12-17(24)14-7-8-18(28-2)16(22)11-14/h3-8,11H,9-10,12-13H2,1-2H3,(H,23,25). The van der Waals surface area contributed by atoms with E-state index >= 15 is 0 Å². The average Bonchev–Trinajstić information content (AvgIpc) is 2.76. The van der Waals surface area contributed by atoms with Crippen molar-refractivity contribution in [2.75, 3.05) is 39.7 Å². The van der Waals surface area contributed by atoms with Gasteiger partial charge < -0.3 is 19.5 Å². The molecule has 1 N–H and O–H groups in total. The molecule has 0 aromatic heterocycles. The van der Waals surface area contributed by atoms with Crippen LogP contribution in [0.4, 0.5) is 0 Å². The first-order chi connectivity index (χ1) is 14.5. The van der Waals surface area contributed by atoms with Gasteiger partial charge in [0.2, 0.25) is 5.91 Å². The zero-order chi connectivity index (χ0) is 21.9. The van der Waals surface area contributed by atoms with E-state index in [1.807, 2.05) is 0 Å². The highest BCUT2D eigenvalue weighted by Gasteiger charge is 2.17. The van der Waals surface area contributed by atoms with Crippen molar-refractivity contribution in [3.05, 3.63) is 58.6 Å². The van der Waals surface area contributed by atoms with Crippen molar-refractivity contribution in [2.24, 2.45) is 0 Å². The number of benzene rings is 2. The second-order valence-corrected chi connectivity index (χ2v) is 7.40. The molecule has 160 valence electrons. The number of methoxy groups -OCH3 is 2. The maximum atomic E-state index is 12.5. The van der Waals surface area contributed by atoms with E-state index < -0.39 is 18.4 Å². The molecule has 0 saturated heterocycles. The van der Waals surface area contributed by atoms with Crippen LogP contribution < -0.4 is 10.1 Å². The fourth-order valence-corrected chi connectivity index (χ4v) is 3.51. The van der Waals surface area contributed by atoms with Gasteiger partial charge >= 0.3 is 5.97 Å². The van der Waals surface area contributed by atoms with Gasteiger partial charge in [-0.15, -0.1) is 11.8 Å². The molecule has 0 aliphatic rings. The number of amides is 1. The van der Waals surface area contributed by atoms with Crippen LogP contribution >= 0.6 is 23.4 Å². The van der Waals surface area contributed by atoms with Gasteiger partial charge in [0.1, 0.15) is 5.75 Å². The Morgan fingerprint density at radius 1 is 1.10 bits per heavy atom. The molecular weight excluding hydrogens is 430 g/mol. The third kappa shape index (κ3) is 7.05. The lowest BCUT2D eigenvalue weighted by Gasteiger charge is -2.10. The molecule has 30 heavy (non-hydrogen) atoms. The van der Waals surface area contributed by atoms with Gasteiger partial charge in [0.05, 0.1) is 30.1 Å². The Bertz CT molecular complexity index is 905. The number of halogens is 1. The number of hydrogen-bond donors (Lipinski definition) is 1. The van der Waals surface area contributed by atoms with Crippen LogP contribution in [-0.2, 0) is 14.3 Å². The second kappa shape index (κ2) is 12.2. The molecule has 9 heteroatoms. The third-order valence-corrected chi connectivity index (χ3v) is 5.27. The summed E-state index contributed by atoms with van der Waals surface area (Å²) in [6.45, 7) is 0.405. The number of carbonyl (C=O) groups excluding carboxylic acids is 3. The predicted molar refractivity (Wildman–Crippen MR) is 115 cm³/mol. The molecule has 0 unspecified atom stereocenters. The zero-order valence-corrected chi connectivity index (χ0v) is 18.2. The minimum atomic E-state index is -0.647. The van der Waals surface area contributed by atoms with Gasteiger partial charge in [-0.1, -0.05) is 23.7 Å². The Hall–Kier alpha value is -2.55. The van der Waals surface area contributed by atoms with E-state index in [-0.39, 0.29) is 17.2 Å². The number of esters is 1. The highest BCUT2D eigenvalue weighted by Crippen LogP contribution is 2.26. The van der Waals surface area contributed by atoms with Crippen LogP contribution in [0.2, 0.25) is 5.02 Å². The number of thioether (sulfide) groups is 1. The summed E-state index contributed by atoms with van der Waals surface area (Å²) < 4.78 is 15.1. The summed E-state index contributed by atoms with van der Waals surface area (Å²) in [5, 5.41) is 3.00. The first-order valence-electron chi connectivity index (χ1n) is 8.97. The molecule has 2 aromatic carbocycles. The smallest absolute Gasteiger partial charge is 0.339 e. The minimum Gasteiger partial charge on any atom is -0.495 e. The molecule has 0 atom stereocenters. The number of ketones is 1. The Morgan fingerprint density at radius 2 is 1.87 bits per heavy atom. The van der Waals surface area contributed by atoms with Crippen LogP contribution in [-0.4, -0.2) is 57.4 Å². The maximum absolute atomic E-state index is 12.5. The molecule has 2 aromatic rings. The molecular formula is C21H22ClNO6S. The lowest BCUT2D eigenvalue weighted by molar-refractivity contribution is -0.118. The minimum absolute atomic E-state index is 0.136. The molecule has 7 nitrogen and oxygen atoms in total. The van der Waals surface area contributed by atoms with E-state index in [4.69, 9.17) is 25.8 Å². The van der Waals surface area contributed by atoms with E-state index in [0.717, 1.165) is 0 Å². The molecule has 0 aliphatic carbocycles. The average molecular weight is 452 g/mol. The normalized spacial score (nSPS) is 10.4. The number of hydrogen-bond acceptors (Lipinski definition) is 7. The predicted octanol–water partition coefficient (Wildman–Crippen LogP) is 3.24. The van der Waals surface area contributed by atoms with Crippen molar-refractivity contribution in [1.29, 1.82) is 0 Å². The third-order valence-electron chi connectivity index (χ3n) is 3.90. The van der Waals surface area contributed by atoms with Crippen LogP contribution in [0, 0.1) is 0 Å². The maximum Gasteiger partial charge on any atom is 0.339 e. The van der Waals surface area contributed by atoms with Crippen molar-refractivity contribution < 1.29 is 28.6 Å². The van der Waals surface area contributed by atoms with Crippen molar-refractivity contribution in [3.63, 3.8) is 0 Å². The van der Waals surface area contributed by atoms with Crippen molar-refractivity contribution >= 4 is 41.0 Å². The number of ether oxygens (including phenoxy) is 3. The van der Waals surface area contributed by atoms with Crippen molar-refractivity contribution in [1.82, 2.24) is 5.32 Å². The Morgan fingerprint density at radius 3 is 2.57 bits per heavy atom. The first-order valence-corrected chi connectivity index (χ1v) is 10.3. The second-order valence-electron chi connectivity index (χ2n) is 5.98. The van der Waals surface area contributed by atoms with Crippen LogP contribution in [0.25, 0.3) is 0 Å². The molecule has 1 amide bonds. The molecule has 2 rings (SSSR count). The first kappa shape index (κ1) is 23.7. The van der Waals surface area contributed by atoms with Crippen molar-refractivity contribution in [2.45, 2.75) is 4.90 Å². The Balaban J connectivity index is 1.94. The molecule has 0 radical (unpaired) electrons. The van der Waals surface area contributed by atoms with Gasteiger partial charge in [0.25, 0.3) is 0 Å². The van der Waals surface area contributed by atoms with Crippen LogP contribution in [0.5, 0.6) is 5.75 Å². The number of nitrogens with one attached hydrogen (secondary N) is 1. The van der Waals surface area contributed by atoms with Gasteiger partial charge in [0.15, 0.2) is 12.4 Å². The van der Waals surface area contributed by atoms with E-state index in [2.05, 4.69) is 5.32 Å². The van der Waals surface area contributed by atoms with Gasteiger partial charge in [0, 0.05) is 24.1 Å². The summed E-state index contributed by atoms with van der Waals surface area (Å²) in [7, 11) is 3.03. The summed E-state index contributed by atoms with van der Waals surface area (Å²) >= 11 is 7.23. The lowest BCUT2D eigenvalue weighted by Crippen LogP contribution is -2.28. The molecule has 0 saturated carbocycles. The number of rotatable bonds is 11. The van der Waals surface area contributed by atoms with Crippen LogP contribution in [0.15, 0.2) is 47.4 Å². The van der Waals surface area contributed by atoms with Gasteiger partial charge in [-0.3, -0.25) is 9.59 Å². The summed E-state index contributed by atoms with van der Waals surface area (Å²) in [4.78, 5) is 37.2. The highest BCUT2D eigenvalue weighted by molar-refractivity contribution is 8.00. The SMILES string of the molecule is COCCNC(=O)CSc1ccccc1C(=O)OCC(=O)c1ccc(OC)c(Cl)c1. The number of Topliss-reactive ketones (excluding diaryl/α,β-unsaturated/α-hetero) is 1. The van der Waals surface area contributed by atoms with Gasteiger partial charge in [-0.05, 0) is 30.3 Å². The van der Waals surface area contributed by atoms with Crippen LogP contribution in [0.1, 0.15) is 20.7 Å². The van der Waals surface area contributed by atoms with Crippen LogP contribution in [0.3, 0.4) is 0 Å². The fraction of sp³-hybridized carbons (Fsp3) is 0.286. The number of carbonyl (C=O) groups is 3. The Kier molecular flexibility index (Phi) is 9.66. The molecule has 0 bridgehead atoms. The van der Waals surface area contributed by atoms with E-state index in [1.165, 1.54) is 24.9 Å². The lowest BCUT2D eigenvalue weighted by atomic mass is 10.1. The van der Waals surface area contributed by atoms with Crippen molar-refractivity contribution in [3.8, 4) is 5.75 Å². The van der Waals surface area contributed by atoms with Gasteiger partial charge in [-0.25, -0.2) is 4.79 Å². The largest absolute Gasteiger partial charge is 0.495 e. The highest BCUT2D eigenvalue weighted by atomic mass is 35.5. The monoisotopic (exact) mass is 451 g/mol.